The first-order valence-electron chi connectivity index (χ1n) is 8.08. The highest BCUT2D eigenvalue weighted by Gasteiger charge is 2.15. The Labute approximate surface area is 139 Å². The van der Waals surface area contributed by atoms with Crippen LogP contribution in [0.5, 0.6) is 0 Å². The topological polar surface area (TPSA) is 12.9 Å². The first kappa shape index (κ1) is 15.5. The van der Waals surface area contributed by atoms with Crippen LogP contribution in [0.3, 0.4) is 0 Å². The number of pyridine rings is 1. The van der Waals surface area contributed by atoms with E-state index in [0.29, 0.717) is 0 Å². The number of aromatic nitrogens is 1. The average Bonchev–Trinajstić information content (AvgIpc) is 2.55. The van der Waals surface area contributed by atoms with Gasteiger partial charge in [0.05, 0.1) is 5.69 Å². The van der Waals surface area contributed by atoms with Crippen molar-refractivity contribution < 1.29 is 0 Å². The summed E-state index contributed by atoms with van der Waals surface area (Å²) in [5, 5.41) is 0. The molecule has 0 spiro atoms. The third-order valence-electron chi connectivity index (χ3n) is 4.25. The minimum absolute atomic E-state index is 0.128. The van der Waals surface area contributed by atoms with Crippen LogP contribution in [0.15, 0.2) is 66.9 Å². The Morgan fingerprint density at radius 1 is 0.783 bits per heavy atom. The summed E-state index contributed by atoms with van der Waals surface area (Å²) < 4.78 is 0. The van der Waals surface area contributed by atoms with Crippen molar-refractivity contribution >= 4 is 0 Å². The van der Waals surface area contributed by atoms with Crippen molar-refractivity contribution in [3.05, 3.63) is 78.0 Å². The Morgan fingerprint density at radius 3 is 2.22 bits per heavy atom. The van der Waals surface area contributed by atoms with Gasteiger partial charge in [0.15, 0.2) is 0 Å². The highest BCUT2D eigenvalue weighted by atomic mass is 14.7. The second kappa shape index (κ2) is 6.00. The highest BCUT2D eigenvalue weighted by molar-refractivity contribution is 5.74. The maximum Gasteiger partial charge on any atom is 0.0707 e. The fourth-order valence-electron chi connectivity index (χ4n) is 2.75. The van der Waals surface area contributed by atoms with Crippen molar-refractivity contribution in [2.24, 2.45) is 0 Å². The summed E-state index contributed by atoms with van der Waals surface area (Å²) in [7, 11) is 0. The van der Waals surface area contributed by atoms with Gasteiger partial charge in [-0.15, -0.1) is 0 Å². The second-order valence-corrected chi connectivity index (χ2v) is 7.08. The van der Waals surface area contributed by atoms with E-state index in [9.17, 15) is 0 Å². The van der Waals surface area contributed by atoms with E-state index < -0.39 is 0 Å². The van der Waals surface area contributed by atoms with Crippen molar-refractivity contribution in [2.75, 3.05) is 0 Å². The summed E-state index contributed by atoms with van der Waals surface area (Å²) in [6.07, 6.45) is 1.92. The van der Waals surface area contributed by atoms with E-state index in [1.165, 1.54) is 27.8 Å². The zero-order valence-electron chi connectivity index (χ0n) is 14.3. The lowest BCUT2D eigenvalue weighted by atomic mass is 9.86. The van der Waals surface area contributed by atoms with Crippen molar-refractivity contribution in [1.29, 1.82) is 0 Å². The Morgan fingerprint density at radius 2 is 1.52 bits per heavy atom. The highest BCUT2D eigenvalue weighted by Crippen LogP contribution is 2.30. The third-order valence-corrected chi connectivity index (χ3v) is 4.25. The normalized spacial score (nSPS) is 11.5. The summed E-state index contributed by atoms with van der Waals surface area (Å²) >= 11 is 0. The van der Waals surface area contributed by atoms with Crippen molar-refractivity contribution in [3.8, 4) is 22.4 Å². The minimum atomic E-state index is 0.128. The van der Waals surface area contributed by atoms with Gasteiger partial charge in [0.2, 0.25) is 0 Å². The molecule has 0 fully saturated rings. The molecular weight excluding hydrogens is 278 g/mol. The molecule has 1 nitrogen and oxygen atoms in total. The molecule has 1 heterocycles. The summed E-state index contributed by atoms with van der Waals surface area (Å²) in [6, 6.07) is 21.4. The molecule has 2 aromatic carbocycles. The molecule has 1 aromatic heterocycles. The van der Waals surface area contributed by atoms with Crippen LogP contribution in [0, 0.1) is 6.92 Å². The van der Waals surface area contributed by atoms with Crippen molar-refractivity contribution in [2.45, 2.75) is 33.1 Å². The maximum atomic E-state index is 4.62. The van der Waals surface area contributed by atoms with Crippen LogP contribution >= 0.6 is 0 Å². The Hall–Kier alpha value is -2.41. The number of aryl methyl sites for hydroxylation is 1. The van der Waals surface area contributed by atoms with E-state index in [1.54, 1.807) is 0 Å². The first-order chi connectivity index (χ1) is 10.9. The molecular formula is C22H23N. The summed E-state index contributed by atoms with van der Waals surface area (Å²) in [5.74, 6) is 0. The van der Waals surface area contributed by atoms with Crippen LogP contribution < -0.4 is 0 Å². The third kappa shape index (κ3) is 3.34. The van der Waals surface area contributed by atoms with E-state index in [0.717, 1.165) is 5.69 Å². The molecule has 0 unspecified atom stereocenters. The molecule has 116 valence electrons. The fraction of sp³-hybridized carbons (Fsp3) is 0.227. The number of benzene rings is 2. The molecule has 1 heteroatoms. The molecule has 0 amide bonds. The van der Waals surface area contributed by atoms with E-state index in [2.05, 4.69) is 87.3 Å². The molecule has 0 saturated carbocycles. The van der Waals surface area contributed by atoms with Crippen LogP contribution in [0.1, 0.15) is 31.9 Å². The quantitative estimate of drug-likeness (QED) is 0.564. The molecule has 0 aliphatic carbocycles. The minimum Gasteiger partial charge on any atom is -0.256 e. The Bertz CT molecular complexity index is 811. The van der Waals surface area contributed by atoms with Crippen LogP contribution in [-0.4, -0.2) is 4.98 Å². The maximum absolute atomic E-state index is 4.62. The largest absolute Gasteiger partial charge is 0.256 e. The number of nitrogens with zero attached hydrogens (tertiary/aromatic N) is 1. The number of hydrogen-bond donors (Lipinski definition) is 0. The van der Waals surface area contributed by atoms with Gasteiger partial charge in [0.1, 0.15) is 0 Å². The smallest absolute Gasteiger partial charge is 0.0707 e. The lowest BCUT2D eigenvalue weighted by molar-refractivity contribution is 0.589. The van der Waals surface area contributed by atoms with E-state index in [4.69, 9.17) is 0 Å². The SMILES string of the molecule is Cc1ccc(-c2ccccc2)cc1-c1cc(C(C)(C)C)ccn1. The predicted molar refractivity (Wildman–Crippen MR) is 98.5 cm³/mol. The molecule has 0 aliphatic heterocycles. The molecule has 0 N–H and O–H groups in total. The van der Waals surface area contributed by atoms with E-state index in [-0.39, 0.29) is 5.41 Å². The lowest BCUT2D eigenvalue weighted by Gasteiger charge is -2.20. The van der Waals surface area contributed by atoms with Crippen molar-refractivity contribution in [3.63, 3.8) is 0 Å². The van der Waals surface area contributed by atoms with Gasteiger partial charge < -0.3 is 0 Å². The standard InChI is InChI=1S/C22H23N/c1-16-10-11-18(17-8-6-5-7-9-17)14-20(16)21-15-19(12-13-23-21)22(2,3)4/h5-15H,1-4H3. The van der Waals surface area contributed by atoms with Gasteiger partial charge in [0.25, 0.3) is 0 Å². The van der Waals surface area contributed by atoms with Crippen molar-refractivity contribution in [1.82, 2.24) is 4.98 Å². The fourth-order valence-corrected chi connectivity index (χ4v) is 2.75. The average molecular weight is 301 g/mol. The molecule has 0 atom stereocenters. The van der Waals surface area contributed by atoms with E-state index in [1.807, 2.05) is 12.3 Å². The predicted octanol–water partition coefficient (Wildman–Crippen LogP) is 6.02. The summed E-state index contributed by atoms with van der Waals surface area (Å²) in [4.78, 5) is 4.62. The molecule has 3 aromatic rings. The lowest BCUT2D eigenvalue weighted by Crippen LogP contribution is -2.11. The number of hydrogen-bond acceptors (Lipinski definition) is 1. The molecule has 0 bridgehead atoms. The van der Waals surface area contributed by atoms with Crippen LogP contribution in [-0.2, 0) is 5.41 Å². The van der Waals surface area contributed by atoms with Gasteiger partial charge in [-0.05, 0) is 52.8 Å². The van der Waals surface area contributed by atoms with Gasteiger partial charge >= 0.3 is 0 Å². The monoisotopic (exact) mass is 301 g/mol. The van der Waals surface area contributed by atoms with Gasteiger partial charge in [-0.3, -0.25) is 4.98 Å². The summed E-state index contributed by atoms with van der Waals surface area (Å²) in [6.45, 7) is 8.85. The van der Waals surface area contributed by atoms with Gasteiger partial charge in [-0.2, -0.15) is 0 Å². The number of rotatable bonds is 2. The van der Waals surface area contributed by atoms with Crippen LogP contribution in [0.4, 0.5) is 0 Å². The Balaban J connectivity index is 2.10. The molecule has 0 saturated heterocycles. The van der Waals surface area contributed by atoms with Gasteiger partial charge in [0, 0.05) is 11.8 Å². The van der Waals surface area contributed by atoms with Crippen LogP contribution in [0.2, 0.25) is 0 Å². The van der Waals surface area contributed by atoms with Crippen LogP contribution in [0.25, 0.3) is 22.4 Å². The molecule has 23 heavy (non-hydrogen) atoms. The summed E-state index contributed by atoms with van der Waals surface area (Å²) in [5.41, 5.74) is 7.41. The molecule has 0 aliphatic rings. The molecule has 3 rings (SSSR count). The van der Waals surface area contributed by atoms with Gasteiger partial charge in [-0.25, -0.2) is 0 Å². The Kier molecular flexibility index (Phi) is 4.04. The second-order valence-electron chi connectivity index (χ2n) is 7.08. The van der Waals surface area contributed by atoms with Gasteiger partial charge in [-0.1, -0.05) is 63.2 Å². The zero-order chi connectivity index (χ0) is 16.4. The van der Waals surface area contributed by atoms with E-state index >= 15 is 0 Å². The molecule has 0 radical (unpaired) electrons. The zero-order valence-corrected chi connectivity index (χ0v) is 14.3. The first-order valence-corrected chi connectivity index (χ1v) is 8.08.